The number of carbonyl (C=O) groups excluding carboxylic acids is 2. The molecule has 4 aromatic carbocycles. The van der Waals surface area contributed by atoms with Crippen molar-refractivity contribution in [2.45, 2.75) is 20.8 Å². The number of fused-ring (bicyclic) bond motifs is 8. The normalized spacial score (nSPS) is 13.3. The van der Waals surface area contributed by atoms with Crippen LogP contribution in [-0.4, -0.2) is 31.5 Å². The lowest BCUT2D eigenvalue weighted by Gasteiger charge is -2.10. The number of allylic oxidation sites excluding steroid dienone is 4. The van der Waals surface area contributed by atoms with Gasteiger partial charge in [0.15, 0.2) is 11.6 Å². The largest absolute Gasteiger partial charge is 0.354 e. The first kappa shape index (κ1) is 35.7. The van der Waals surface area contributed by atoms with E-state index in [0.29, 0.717) is 11.1 Å². The first-order valence-electron chi connectivity index (χ1n) is 19.7. The molecule has 1 aliphatic carbocycles. The highest BCUT2D eigenvalue weighted by Gasteiger charge is 2.20. The maximum Gasteiger partial charge on any atom is 0.186 e. The van der Waals surface area contributed by atoms with E-state index in [1.165, 1.54) is 34.9 Å². The quantitative estimate of drug-likeness (QED) is 0.171. The summed E-state index contributed by atoms with van der Waals surface area (Å²) in [5.74, 6) is -0.390. The van der Waals surface area contributed by atoms with Crippen LogP contribution in [-0.2, 0) is 9.59 Å². The number of hydrogen-bond acceptors (Lipinski definition) is 4. The van der Waals surface area contributed by atoms with Crippen molar-refractivity contribution in [3.05, 3.63) is 185 Å². The average Bonchev–Trinajstić information content (AvgIpc) is 4.09. The van der Waals surface area contributed by atoms with Crippen LogP contribution in [0.5, 0.6) is 0 Å². The zero-order valence-electron chi connectivity index (χ0n) is 32.8. The summed E-state index contributed by atoms with van der Waals surface area (Å²) < 4.78 is 0. The number of benzene rings is 4. The number of H-pyrrole nitrogens is 2. The Labute approximate surface area is 341 Å². The Balaban J connectivity index is 1.32. The molecule has 0 unspecified atom stereocenters. The second-order valence-corrected chi connectivity index (χ2v) is 15.3. The molecule has 0 radical (unpaired) electrons. The number of carbonyl (C=O) groups is 2. The molecule has 10 rings (SSSR count). The first-order chi connectivity index (χ1) is 28.8. The van der Waals surface area contributed by atoms with Gasteiger partial charge >= 0.3 is 0 Å². The van der Waals surface area contributed by atoms with E-state index in [1.807, 2.05) is 24.3 Å². The Hall–Kier alpha value is -7.70. The van der Waals surface area contributed by atoms with E-state index in [9.17, 15) is 9.59 Å². The monoisotopic (exact) mass is 762 g/mol. The van der Waals surface area contributed by atoms with Gasteiger partial charge in [0, 0.05) is 49.9 Å². The number of aromatic amines is 2. The zero-order valence-corrected chi connectivity index (χ0v) is 32.8. The van der Waals surface area contributed by atoms with Gasteiger partial charge in [-0.05, 0) is 115 Å². The van der Waals surface area contributed by atoms with Gasteiger partial charge in [0.05, 0.1) is 22.8 Å². The molecule has 0 saturated carbocycles. The van der Waals surface area contributed by atoms with Crippen molar-refractivity contribution >= 4 is 63.5 Å². The van der Waals surface area contributed by atoms with Crippen molar-refractivity contribution in [2.75, 3.05) is 0 Å². The highest BCUT2D eigenvalue weighted by Crippen LogP contribution is 2.39. The average molecular weight is 763 g/mol. The van der Waals surface area contributed by atoms with Gasteiger partial charge in [0.1, 0.15) is 0 Å². The van der Waals surface area contributed by atoms with Gasteiger partial charge in [-0.2, -0.15) is 0 Å². The smallest absolute Gasteiger partial charge is 0.186 e. The number of hydrogen-bond donors (Lipinski definition) is 2. The van der Waals surface area contributed by atoms with E-state index in [-0.39, 0.29) is 11.6 Å². The molecule has 0 atom stereocenters. The standard InChI is InChI=1S/C53H38N4O2/c1-31-4-10-35(11-5-31)50-41-21-23-43(54-41)51(36-12-6-32(2)7-13-36)45-25-27-47(56-45)53(38-18-16-34(17-19-38)40-30-39(58)20-29-49(40)59)48-28-26-46(57-48)52(44-24-22-42(50)55-44)37-14-8-33(3)9-15-37/h4-30,54,57H,1-3H3. The summed E-state index contributed by atoms with van der Waals surface area (Å²) in [6, 6.07) is 42.0. The Morgan fingerprint density at radius 1 is 0.356 bits per heavy atom. The summed E-state index contributed by atoms with van der Waals surface area (Å²) >= 11 is 0. The third kappa shape index (κ3) is 6.60. The molecule has 0 amide bonds. The minimum Gasteiger partial charge on any atom is -0.354 e. The summed E-state index contributed by atoms with van der Waals surface area (Å²) in [6.45, 7) is 6.29. The van der Waals surface area contributed by atoms with Gasteiger partial charge in [0.2, 0.25) is 0 Å². The maximum absolute atomic E-state index is 12.8. The summed E-state index contributed by atoms with van der Waals surface area (Å²) in [5, 5.41) is 0. The number of aryl methyl sites for hydroxylation is 3. The summed E-state index contributed by atoms with van der Waals surface area (Å²) in [5.41, 5.74) is 19.5. The lowest BCUT2D eigenvalue weighted by molar-refractivity contribution is -0.113. The number of aromatic nitrogens is 4. The summed E-state index contributed by atoms with van der Waals surface area (Å²) in [4.78, 5) is 43.5. The van der Waals surface area contributed by atoms with E-state index in [2.05, 4.69) is 152 Å². The Morgan fingerprint density at radius 2 is 0.661 bits per heavy atom. The van der Waals surface area contributed by atoms with E-state index in [0.717, 1.165) is 89.4 Å². The molecule has 6 nitrogen and oxygen atoms in total. The van der Waals surface area contributed by atoms with Crippen molar-refractivity contribution in [2.24, 2.45) is 0 Å². The molecular formula is C53H38N4O2. The molecule has 0 spiro atoms. The van der Waals surface area contributed by atoms with Crippen LogP contribution in [0.15, 0.2) is 140 Å². The Bertz CT molecular complexity index is 3130. The second-order valence-electron chi connectivity index (χ2n) is 15.3. The van der Waals surface area contributed by atoms with Crippen molar-refractivity contribution in [1.29, 1.82) is 0 Å². The van der Waals surface area contributed by atoms with E-state index in [4.69, 9.17) is 9.97 Å². The zero-order chi connectivity index (χ0) is 40.2. The van der Waals surface area contributed by atoms with Crippen LogP contribution in [0.1, 0.15) is 45.0 Å². The molecule has 0 fully saturated rings. The van der Waals surface area contributed by atoms with Crippen LogP contribution in [0.25, 0.3) is 96.5 Å². The third-order valence-corrected chi connectivity index (χ3v) is 11.2. The molecule has 8 bridgehead atoms. The molecule has 3 aliphatic rings. The topological polar surface area (TPSA) is 91.5 Å². The predicted octanol–water partition coefficient (Wildman–Crippen LogP) is 12.3. The minimum atomic E-state index is -0.200. The number of rotatable bonds is 5. The van der Waals surface area contributed by atoms with Gasteiger partial charge in [0.25, 0.3) is 0 Å². The molecule has 59 heavy (non-hydrogen) atoms. The van der Waals surface area contributed by atoms with Gasteiger partial charge < -0.3 is 9.97 Å². The summed E-state index contributed by atoms with van der Waals surface area (Å²) in [7, 11) is 0. The van der Waals surface area contributed by atoms with Crippen LogP contribution in [0.3, 0.4) is 0 Å². The molecular weight excluding hydrogens is 725 g/mol. The number of nitrogens with zero attached hydrogens (tertiary/aromatic N) is 2. The van der Waals surface area contributed by atoms with Gasteiger partial charge in [-0.1, -0.05) is 114 Å². The van der Waals surface area contributed by atoms with Gasteiger partial charge in [-0.3, -0.25) is 9.59 Å². The molecule has 5 heterocycles. The van der Waals surface area contributed by atoms with Crippen molar-refractivity contribution in [3.8, 4) is 44.5 Å². The lowest BCUT2D eigenvalue weighted by atomic mass is 9.94. The number of ketones is 2. The second kappa shape index (κ2) is 14.4. The predicted molar refractivity (Wildman–Crippen MR) is 242 cm³/mol. The molecule has 2 N–H and O–H groups in total. The van der Waals surface area contributed by atoms with Crippen LogP contribution in [0.2, 0.25) is 0 Å². The van der Waals surface area contributed by atoms with Crippen LogP contribution >= 0.6 is 0 Å². The fraction of sp³-hybridized carbons (Fsp3) is 0.0566. The molecule has 2 aliphatic heterocycles. The first-order valence-corrected chi connectivity index (χ1v) is 19.7. The highest BCUT2D eigenvalue weighted by atomic mass is 16.1. The van der Waals surface area contributed by atoms with Crippen molar-refractivity contribution in [3.63, 3.8) is 0 Å². The van der Waals surface area contributed by atoms with E-state index < -0.39 is 0 Å². The number of nitrogens with one attached hydrogen (secondary N) is 2. The van der Waals surface area contributed by atoms with Crippen LogP contribution in [0.4, 0.5) is 0 Å². The van der Waals surface area contributed by atoms with Crippen LogP contribution < -0.4 is 0 Å². The van der Waals surface area contributed by atoms with E-state index >= 15 is 0 Å². The molecule has 282 valence electrons. The molecule has 6 heteroatoms. The van der Waals surface area contributed by atoms with Crippen LogP contribution in [0, 0.1) is 20.8 Å². The fourth-order valence-corrected chi connectivity index (χ4v) is 8.13. The highest BCUT2D eigenvalue weighted by molar-refractivity contribution is 6.34. The SMILES string of the molecule is Cc1ccc(-c2c3nc(c(-c4ccc(C)cc4)c4ccc([nH]4)c(-c4ccc(C5=CC(=O)C=CC5=O)cc4)c4nc(c(-c5ccc(C)cc5)c5ccc2[nH]5)C=C4)C=C3)cc1. The van der Waals surface area contributed by atoms with Gasteiger partial charge in [-0.25, -0.2) is 9.97 Å². The molecule has 0 saturated heterocycles. The van der Waals surface area contributed by atoms with Crippen molar-refractivity contribution < 1.29 is 9.59 Å². The molecule has 3 aromatic heterocycles. The van der Waals surface area contributed by atoms with Crippen molar-refractivity contribution in [1.82, 2.24) is 19.9 Å². The molecule has 7 aromatic rings. The Kier molecular flexibility index (Phi) is 8.68. The third-order valence-electron chi connectivity index (χ3n) is 11.2. The minimum absolute atomic E-state index is 0.190. The van der Waals surface area contributed by atoms with E-state index in [1.54, 1.807) is 0 Å². The lowest BCUT2D eigenvalue weighted by Crippen LogP contribution is -2.06. The maximum atomic E-state index is 12.8. The fourth-order valence-electron chi connectivity index (χ4n) is 8.13. The van der Waals surface area contributed by atoms with Gasteiger partial charge in [-0.15, -0.1) is 0 Å². The summed E-state index contributed by atoms with van der Waals surface area (Å²) in [6.07, 6.45) is 12.4. The Morgan fingerprint density at radius 3 is 1.00 bits per heavy atom.